The van der Waals surface area contributed by atoms with E-state index in [0.29, 0.717) is 12.1 Å². The summed E-state index contributed by atoms with van der Waals surface area (Å²) in [6, 6.07) is 6.57. The van der Waals surface area contributed by atoms with Crippen LogP contribution in [0.3, 0.4) is 0 Å². The number of amides is 1. The molecule has 1 aromatic carbocycles. The number of esters is 1. The number of carboxylic acid groups (broad SMARTS) is 1. The van der Waals surface area contributed by atoms with E-state index in [9.17, 15) is 24.3 Å². The third-order valence-electron chi connectivity index (χ3n) is 14.8. The Balaban J connectivity index is 1.35. The minimum atomic E-state index is -1.07. The average molecular weight is 632 g/mol. The van der Waals surface area contributed by atoms with Crippen LogP contribution in [-0.4, -0.2) is 34.8 Å². The van der Waals surface area contributed by atoms with Crippen molar-refractivity contribution in [3.05, 3.63) is 41.5 Å². The van der Waals surface area contributed by atoms with Crippen molar-refractivity contribution in [2.75, 3.05) is 5.32 Å². The van der Waals surface area contributed by atoms with Crippen molar-refractivity contribution >= 4 is 29.3 Å². The number of fused-ring (bicyclic) bond motifs is 7. The molecule has 2 N–H and O–H groups in total. The topological polar surface area (TPSA) is 110 Å². The van der Waals surface area contributed by atoms with Crippen LogP contribution in [0.1, 0.15) is 124 Å². The van der Waals surface area contributed by atoms with Crippen molar-refractivity contribution in [2.24, 2.45) is 50.2 Å². The van der Waals surface area contributed by atoms with Gasteiger partial charge in [0.1, 0.15) is 6.10 Å². The number of benzene rings is 1. The number of carboxylic acids is 1. The monoisotopic (exact) mass is 631 g/mol. The summed E-state index contributed by atoms with van der Waals surface area (Å²) in [5.74, 6) is -0.972. The lowest BCUT2D eigenvalue weighted by atomic mass is 9.33. The number of ether oxygens (including phenoxy) is 1. The molecule has 5 aliphatic carbocycles. The summed E-state index contributed by atoms with van der Waals surface area (Å²) in [5, 5.41) is 12.7. The standard InChI is InChI=1S/C39H53NO6/c1-23(41)46-30-14-15-37(6)29(34(30,2)3)13-16-39(8)31(37)28(42)21-25-26-22-36(5,18-17-35(26,4)19-20-38(25,39)7)33(45)40-27-12-10-9-11-24(27)32(43)44/h9-12,21,26,29-31H,13-20,22H2,1-8H3,(H,40,45)(H,43,44)/t26-,29+,30+,31+,35-,36+,37+,38-,39+/m0/s1. The molecule has 0 bridgehead atoms. The van der Waals surface area contributed by atoms with Gasteiger partial charge in [0, 0.05) is 23.7 Å². The number of carbonyl (C=O) groups is 4. The lowest BCUT2D eigenvalue weighted by Crippen LogP contribution is -2.66. The third-order valence-corrected chi connectivity index (χ3v) is 14.8. The molecule has 0 saturated heterocycles. The van der Waals surface area contributed by atoms with Crippen LogP contribution in [-0.2, 0) is 19.1 Å². The highest BCUT2D eigenvalue weighted by molar-refractivity contribution is 6.02. The van der Waals surface area contributed by atoms with Gasteiger partial charge in [0.2, 0.25) is 5.91 Å². The second kappa shape index (κ2) is 10.5. The van der Waals surface area contributed by atoms with Gasteiger partial charge in [-0.2, -0.15) is 0 Å². The fourth-order valence-corrected chi connectivity index (χ4v) is 11.8. The zero-order valence-corrected chi connectivity index (χ0v) is 29.0. The number of carbonyl (C=O) groups excluding carboxylic acids is 3. The molecular weight excluding hydrogens is 578 g/mol. The normalized spacial score (nSPS) is 42.7. The first-order valence-corrected chi connectivity index (χ1v) is 17.4. The molecule has 1 aromatic rings. The fourth-order valence-electron chi connectivity index (χ4n) is 11.8. The van der Waals surface area contributed by atoms with E-state index in [1.165, 1.54) is 18.6 Å². The molecule has 0 radical (unpaired) electrons. The van der Waals surface area contributed by atoms with E-state index >= 15 is 0 Å². The summed E-state index contributed by atoms with van der Waals surface area (Å²) in [6.07, 6.45) is 9.78. The van der Waals surface area contributed by atoms with Crippen molar-refractivity contribution in [2.45, 2.75) is 119 Å². The SMILES string of the molecule is CC(=O)O[C@@H]1CC[C@]2(C)[C@H](CC[C@]3(C)[C@@H]2C(=O)C=C2[C@@H]4C[C@](C)(C(=O)Nc5ccccc5C(=O)O)CC[C@@]4(C)CC[C@@]23C)C1(C)C. The molecule has 0 aliphatic heterocycles. The van der Waals surface area contributed by atoms with Gasteiger partial charge in [-0.1, -0.05) is 66.2 Å². The molecule has 0 unspecified atom stereocenters. The zero-order valence-electron chi connectivity index (χ0n) is 29.0. The molecule has 7 nitrogen and oxygen atoms in total. The Bertz CT molecular complexity index is 1530. The van der Waals surface area contributed by atoms with E-state index in [1.54, 1.807) is 18.2 Å². The number of rotatable bonds is 4. The van der Waals surface area contributed by atoms with E-state index in [-0.39, 0.29) is 74.2 Å². The molecule has 46 heavy (non-hydrogen) atoms. The van der Waals surface area contributed by atoms with Crippen molar-refractivity contribution in [3.63, 3.8) is 0 Å². The van der Waals surface area contributed by atoms with Crippen LogP contribution in [0.15, 0.2) is 35.9 Å². The van der Waals surface area contributed by atoms with Gasteiger partial charge in [-0.05, 0) is 109 Å². The second-order valence-corrected chi connectivity index (χ2v) is 17.5. The van der Waals surface area contributed by atoms with Crippen molar-refractivity contribution in [3.8, 4) is 0 Å². The van der Waals surface area contributed by atoms with Crippen LogP contribution >= 0.6 is 0 Å². The Labute approximate surface area is 274 Å². The smallest absolute Gasteiger partial charge is 0.337 e. The summed E-state index contributed by atoms with van der Waals surface area (Å²) < 4.78 is 5.86. The van der Waals surface area contributed by atoms with E-state index < -0.39 is 11.4 Å². The Hall–Kier alpha value is -2.96. The number of ketones is 1. The van der Waals surface area contributed by atoms with Gasteiger partial charge >= 0.3 is 11.9 Å². The first-order valence-electron chi connectivity index (χ1n) is 17.4. The first-order chi connectivity index (χ1) is 21.3. The van der Waals surface area contributed by atoms with Gasteiger partial charge in [-0.25, -0.2) is 4.79 Å². The maximum absolute atomic E-state index is 14.7. The minimum Gasteiger partial charge on any atom is -0.478 e. The average Bonchev–Trinajstić information content (AvgIpc) is 2.96. The summed E-state index contributed by atoms with van der Waals surface area (Å²) in [5.41, 5.74) is 0.123. The molecule has 0 spiro atoms. The Morgan fingerprint density at radius 3 is 2.24 bits per heavy atom. The predicted octanol–water partition coefficient (Wildman–Crippen LogP) is 8.24. The number of anilines is 1. The highest BCUT2D eigenvalue weighted by Gasteiger charge is 2.70. The lowest BCUT2D eigenvalue weighted by Gasteiger charge is -2.70. The second-order valence-electron chi connectivity index (χ2n) is 17.5. The van der Waals surface area contributed by atoms with Crippen LogP contribution in [0.5, 0.6) is 0 Å². The van der Waals surface area contributed by atoms with Crippen LogP contribution in [0.2, 0.25) is 0 Å². The molecule has 9 atom stereocenters. The molecule has 1 amide bonds. The summed E-state index contributed by atoms with van der Waals surface area (Å²) >= 11 is 0. The highest BCUT2D eigenvalue weighted by atomic mass is 16.5. The van der Waals surface area contributed by atoms with Gasteiger partial charge in [0.15, 0.2) is 5.78 Å². The van der Waals surface area contributed by atoms with Crippen molar-refractivity contribution < 1.29 is 29.0 Å². The maximum Gasteiger partial charge on any atom is 0.337 e. The molecule has 7 heteroatoms. The molecule has 250 valence electrons. The number of nitrogens with one attached hydrogen (secondary N) is 1. The van der Waals surface area contributed by atoms with Crippen molar-refractivity contribution in [1.82, 2.24) is 0 Å². The molecule has 0 aromatic heterocycles. The number of hydrogen-bond acceptors (Lipinski definition) is 5. The van der Waals surface area contributed by atoms with Crippen molar-refractivity contribution in [1.29, 1.82) is 0 Å². The van der Waals surface area contributed by atoms with E-state index in [0.717, 1.165) is 51.4 Å². The van der Waals surface area contributed by atoms with Crippen LogP contribution < -0.4 is 5.32 Å². The molecule has 6 rings (SSSR count). The summed E-state index contributed by atoms with van der Waals surface area (Å²) in [7, 11) is 0. The third kappa shape index (κ3) is 4.57. The predicted molar refractivity (Wildman–Crippen MR) is 177 cm³/mol. The fraction of sp³-hybridized carbons (Fsp3) is 0.692. The van der Waals surface area contributed by atoms with Gasteiger partial charge in [0.25, 0.3) is 0 Å². The lowest BCUT2D eigenvalue weighted by molar-refractivity contribution is -0.210. The van der Waals surface area contributed by atoms with E-state index in [4.69, 9.17) is 4.74 Å². The van der Waals surface area contributed by atoms with Crippen LogP contribution in [0.4, 0.5) is 5.69 Å². The Morgan fingerprint density at radius 1 is 0.891 bits per heavy atom. The molecule has 4 saturated carbocycles. The largest absolute Gasteiger partial charge is 0.478 e. The van der Waals surface area contributed by atoms with Gasteiger partial charge < -0.3 is 15.2 Å². The quantitative estimate of drug-likeness (QED) is 0.324. The Kier molecular flexibility index (Phi) is 7.54. The number of allylic oxidation sites excluding steroid dienone is 2. The first kappa shape index (κ1) is 33.0. The summed E-state index contributed by atoms with van der Waals surface area (Å²) in [6.45, 7) is 17.5. The van der Waals surface area contributed by atoms with Crippen LogP contribution in [0, 0.1) is 50.2 Å². The number of hydrogen-bond donors (Lipinski definition) is 2. The summed E-state index contributed by atoms with van der Waals surface area (Å²) in [4.78, 5) is 52.5. The highest BCUT2D eigenvalue weighted by Crippen LogP contribution is 2.75. The molecule has 0 heterocycles. The minimum absolute atomic E-state index is 0.00122. The molecule has 5 aliphatic rings. The number of aromatic carboxylic acids is 1. The van der Waals surface area contributed by atoms with Gasteiger partial charge in [-0.15, -0.1) is 0 Å². The van der Waals surface area contributed by atoms with Gasteiger partial charge in [0.05, 0.1) is 11.3 Å². The number of para-hydroxylation sites is 1. The Morgan fingerprint density at radius 2 is 1.57 bits per heavy atom. The van der Waals surface area contributed by atoms with Crippen LogP contribution in [0.25, 0.3) is 0 Å². The zero-order chi connectivity index (χ0) is 33.7. The van der Waals surface area contributed by atoms with Gasteiger partial charge in [-0.3, -0.25) is 14.4 Å². The molecule has 4 fully saturated rings. The molecular formula is C39H53NO6. The van der Waals surface area contributed by atoms with E-state index in [1.807, 2.05) is 13.0 Å². The van der Waals surface area contributed by atoms with E-state index in [2.05, 4.69) is 46.9 Å². The maximum atomic E-state index is 14.7.